The highest BCUT2D eigenvalue weighted by molar-refractivity contribution is 5.91. The first-order valence-corrected chi connectivity index (χ1v) is 8.54. The van der Waals surface area contributed by atoms with Gasteiger partial charge in [0.1, 0.15) is 0 Å². The molecular weight excluding hydrogens is 296 g/mol. The lowest BCUT2D eigenvalue weighted by Crippen LogP contribution is -2.37. The molecule has 3 heteroatoms. The van der Waals surface area contributed by atoms with E-state index in [0.717, 1.165) is 18.7 Å². The summed E-state index contributed by atoms with van der Waals surface area (Å²) in [6.07, 6.45) is 3.43. The van der Waals surface area contributed by atoms with Gasteiger partial charge < -0.3 is 5.32 Å². The molecule has 1 amide bonds. The molecule has 126 valence electrons. The zero-order valence-corrected chi connectivity index (χ0v) is 14.5. The predicted octanol–water partition coefficient (Wildman–Crippen LogP) is 3.90. The molecule has 3 nitrogen and oxygen atoms in total. The summed E-state index contributed by atoms with van der Waals surface area (Å²) in [4.78, 5) is 14.5. The maximum atomic E-state index is 12.1. The van der Waals surface area contributed by atoms with Crippen LogP contribution in [0.2, 0.25) is 0 Å². The van der Waals surface area contributed by atoms with Gasteiger partial charge in [0, 0.05) is 12.6 Å². The first kappa shape index (κ1) is 18.0. The highest BCUT2D eigenvalue weighted by Crippen LogP contribution is 2.19. The van der Waals surface area contributed by atoms with Gasteiger partial charge in [0.15, 0.2) is 0 Å². The number of rotatable bonds is 8. The lowest BCUT2D eigenvalue weighted by molar-refractivity contribution is -0.116. The number of carbonyl (C=O) groups excluding carboxylic acids is 1. The van der Waals surface area contributed by atoms with Crippen LogP contribution in [0.25, 0.3) is 6.08 Å². The number of hydrogen-bond donors (Lipinski definition) is 1. The molecule has 2 aromatic carbocycles. The van der Waals surface area contributed by atoms with E-state index in [9.17, 15) is 4.79 Å². The molecule has 24 heavy (non-hydrogen) atoms. The van der Waals surface area contributed by atoms with Gasteiger partial charge in [0.05, 0.1) is 6.04 Å². The van der Waals surface area contributed by atoms with E-state index in [1.807, 2.05) is 54.6 Å². The Morgan fingerprint density at radius 1 is 1.00 bits per heavy atom. The lowest BCUT2D eigenvalue weighted by Gasteiger charge is -2.30. The second-order valence-electron chi connectivity index (χ2n) is 5.64. The topological polar surface area (TPSA) is 32.3 Å². The number of carbonyl (C=O) groups is 1. The summed E-state index contributed by atoms with van der Waals surface area (Å²) in [6, 6.07) is 20.4. The minimum atomic E-state index is -0.0630. The summed E-state index contributed by atoms with van der Waals surface area (Å²) in [5, 5.41) is 3.03. The van der Waals surface area contributed by atoms with Gasteiger partial charge in [-0.2, -0.15) is 0 Å². The molecule has 0 radical (unpaired) electrons. The van der Waals surface area contributed by atoms with Crippen LogP contribution in [-0.2, 0) is 4.79 Å². The molecule has 0 saturated carbocycles. The standard InChI is InChI=1S/C21H26N2O/c1-3-23(4-2)20(19-13-9-6-10-14-19)17-22-21(24)16-15-18-11-7-5-8-12-18/h5-16,20H,3-4,17H2,1-2H3,(H,22,24)/b16-15+. The van der Waals surface area contributed by atoms with Gasteiger partial charge in [-0.05, 0) is 30.3 Å². The molecule has 1 atom stereocenters. The second-order valence-corrected chi connectivity index (χ2v) is 5.64. The maximum Gasteiger partial charge on any atom is 0.244 e. The normalized spacial score (nSPS) is 12.5. The van der Waals surface area contributed by atoms with Crippen molar-refractivity contribution < 1.29 is 4.79 Å². The van der Waals surface area contributed by atoms with Crippen molar-refractivity contribution in [2.45, 2.75) is 19.9 Å². The Kier molecular flexibility index (Phi) is 7.24. The average Bonchev–Trinajstić information content (AvgIpc) is 2.65. The van der Waals surface area contributed by atoms with Crippen molar-refractivity contribution >= 4 is 12.0 Å². The smallest absolute Gasteiger partial charge is 0.244 e. The van der Waals surface area contributed by atoms with E-state index in [4.69, 9.17) is 0 Å². The molecule has 1 unspecified atom stereocenters. The molecule has 0 aliphatic carbocycles. The highest BCUT2D eigenvalue weighted by atomic mass is 16.1. The molecule has 0 heterocycles. The van der Waals surface area contributed by atoms with Crippen LogP contribution < -0.4 is 5.32 Å². The summed E-state index contributed by atoms with van der Waals surface area (Å²) in [7, 11) is 0. The minimum Gasteiger partial charge on any atom is -0.351 e. The molecule has 0 saturated heterocycles. The third-order valence-corrected chi connectivity index (χ3v) is 4.13. The van der Waals surface area contributed by atoms with Gasteiger partial charge in [-0.1, -0.05) is 74.5 Å². The van der Waals surface area contributed by atoms with Crippen LogP contribution in [0.15, 0.2) is 66.7 Å². The SMILES string of the molecule is CCN(CC)C(CNC(=O)/C=C/c1ccccc1)c1ccccc1. The molecular formula is C21H26N2O. The first-order valence-electron chi connectivity index (χ1n) is 8.54. The summed E-state index contributed by atoms with van der Waals surface area (Å²) in [5.74, 6) is -0.0630. The number of amides is 1. The fourth-order valence-electron chi connectivity index (χ4n) is 2.79. The second kappa shape index (κ2) is 9.68. The van der Waals surface area contributed by atoms with Crippen LogP contribution in [0.3, 0.4) is 0 Å². The Morgan fingerprint density at radius 2 is 1.58 bits per heavy atom. The third kappa shape index (κ3) is 5.36. The molecule has 0 spiro atoms. The monoisotopic (exact) mass is 322 g/mol. The van der Waals surface area contributed by atoms with Gasteiger partial charge in [-0.15, -0.1) is 0 Å². The Balaban J connectivity index is 1.99. The van der Waals surface area contributed by atoms with E-state index in [0.29, 0.717) is 6.54 Å². The molecule has 0 fully saturated rings. The number of likely N-dealkylation sites (N-methyl/N-ethyl adjacent to an activating group) is 1. The maximum absolute atomic E-state index is 12.1. The van der Waals surface area contributed by atoms with E-state index < -0.39 is 0 Å². The Hall–Kier alpha value is -2.39. The zero-order chi connectivity index (χ0) is 17.2. The molecule has 2 aromatic rings. The predicted molar refractivity (Wildman–Crippen MR) is 101 cm³/mol. The van der Waals surface area contributed by atoms with Gasteiger partial charge in [-0.25, -0.2) is 0 Å². The fourth-order valence-corrected chi connectivity index (χ4v) is 2.79. The molecule has 0 aliphatic heterocycles. The van der Waals surface area contributed by atoms with Crippen molar-refractivity contribution in [3.05, 3.63) is 77.9 Å². The summed E-state index contributed by atoms with van der Waals surface area (Å²) in [5.41, 5.74) is 2.25. The highest BCUT2D eigenvalue weighted by Gasteiger charge is 2.17. The molecule has 0 bridgehead atoms. The zero-order valence-electron chi connectivity index (χ0n) is 14.5. The van der Waals surface area contributed by atoms with Crippen molar-refractivity contribution in [2.75, 3.05) is 19.6 Å². The fraction of sp³-hybridized carbons (Fsp3) is 0.286. The quantitative estimate of drug-likeness (QED) is 0.748. The van der Waals surface area contributed by atoms with E-state index in [1.165, 1.54) is 5.56 Å². The number of benzene rings is 2. The minimum absolute atomic E-state index is 0.0630. The van der Waals surface area contributed by atoms with E-state index in [-0.39, 0.29) is 11.9 Å². The van der Waals surface area contributed by atoms with Gasteiger partial charge in [0.25, 0.3) is 0 Å². The van der Waals surface area contributed by atoms with Crippen molar-refractivity contribution in [1.29, 1.82) is 0 Å². The van der Waals surface area contributed by atoms with E-state index >= 15 is 0 Å². The average molecular weight is 322 g/mol. The van der Waals surface area contributed by atoms with Gasteiger partial charge in [-0.3, -0.25) is 9.69 Å². The van der Waals surface area contributed by atoms with Crippen LogP contribution in [0.5, 0.6) is 0 Å². The van der Waals surface area contributed by atoms with Gasteiger partial charge in [0.2, 0.25) is 5.91 Å². The third-order valence-electron chi connectivity index (χ3n) is 4.13. The van der Waals surface area contributed by atoms with Crippen molar-refractivity contribution in [2.24, 2.45) is 0 Å². The van der Waals surface area contributed by atoms with Crippen LogP contribution in [-0.4, -0.2) is 30.4 Å². The number of nitrogens with one attached hydrogen (secondary N) is 1. The van der Waals surface area contributed by atoms with Crippen LogP contribution in [0.4, 0.5) is 0 Å². The lowest BCUT2D eigenvalue weighted by atomic mass is 10.1. The number of nitrogens with zero attached hydrogens (tertiary/aromatic N) is 1. The van der Waals surface area contributed by atoms with Gasteiger partial charge >= 0.3 is 0 Å². The van der Waals surface area contributed by atoms with E-state index in [1.54, 1.807) is 6.08 Å². The first-order chi connectivity index (χ1) is 11.7. The van der Waals surface area contributed by atoms with E-state index in [2.05, 4.69) is 36.2 Å². The van der Waals surface area contributed by atoms with Crippen LogP contribution >= 0.6 is 0 Å². The Labute approximate surface area is 145 Å². The summed E-state index contributed by atoms with van der Waals surface area (Å²) < 4.78 is 0. The Bertz CT molecular complexity index is 633. The molecule has 0 aliphatic rings. The van der Waals surface area contributed by atoms with Crippen molar-refractivity contribution in [3.63, 3.8) is 0 Å². The van der Waals surface area contributed by atoms with Crippen molar-refractivity contribution in [1.82, 2.24) is 10.2 Å². The van der Waals surface area contributed by atoms with Crippen LogP contribution in [0, 0.1) is 0 Å². The number of hydrogen-bond acceptors (Lipinski definition) is 2. The molecule has 2 rings (SSSR count). The summed E-state index contributed by atoms with van der Waals surface area (Å²) >= 11 is 0. The Morgan fingerprint density at radius 3 is 2.17 bits per heavy atom. The molecule has 0 aromatic heterocycles. The van der Waals surface area contributed by atoms with Crippen LogP contribution in [0.1, 0.15) is 31.0 Å². The largest absolute Gasteiger partial charge is 0.351 e. The van der Waals surface area contributed by atoms with Crippen molar-refractivity contribution in [3.8, 4) is 0 Å². The molecule has 1 N–H and O–H groups in total. The summed E-state index contributed by atoms with van der Waals surface area (Å²) in [6.45, 7) is 6.80.